The van der Waals surface area contributed by atoms with Crippen LogP contribution < -0.4 is 0 Å². The van der Waals surface area contributed by atoms with Gasteiger partial charge >= 0.3 is 0 Å². The van der Waals surface area contributed by atoms with Crippen molar-refractivity contribution < 1.29 is 0 Å². The van der Waals surface area contributed by atoms with Crippen LogP contribution in [0, 0.1) is 0 Å². The predicted octanol–water partition coefficient (Wildman–Crippen LogP) is 13.1. The van der Waals surface area contributed by atoms with Crippen LogP contribution in [0.15, 0.2) is 199 Å². The van der Waals surface area contributed by atoms with E-state index >= 15 is 0 Å². The average molecular weight is 674 g/mol. The molecule has 52 heavy (non-hydrogen) atoms. The highest BCUT2D eigenvalue weighted by molar-refractivity contribution is 6.23. The molecule has 0 bridgehead atoms. The van der Waals surface area contributed by atoms with Crippen LogP contribution in [0.5, 0.6) is 0 Å². The number of rotatable bonds is 3. The molecular formula is C49H43N3. The molecule has 1 aromatic heterocycles. The van der Waals surface area contributed by atoms with Gasteiger partial charge in [-0.15, -0.1) is 0 Å². The van der Waals surface area contributed by atoms with Crippen molar-refractivity contribution in [2.75, 3.05) is 6.54 Å². The summed E-state index contributed by atoms with van der Waals surface area (Å²) >= 11 is 0. The van der Waals surface area contributed by atoms with Crippen molar-refractivity contribution >= 4 is 54.9 Å². The third-order valence-electron chi connectivity index (χ3n) is 9.50. The van der Waals surface area contributed by atoms with Crippen LogP contribution >= 0.6 is 0 Å². The van der Waals surface area contributed by atoms with Crippen LogP contribution in [0.25, 0.3) is 60.1 Å². The third kappa shape index (κ3) is 6.57. The van der Waals surface area contributed by atoms with Crippen LogP contribution in [0.4, 0.5) is 0 Å². The quantitative estimate of drug-likeness (QED) is 0.135. The Morgan fingerprint density at radius 1 is 0.615 bits per heavy atom. The fourth-order valence-electron chi connectivity index (χ4n) is 6.90. The number of benzene rings is 6. The van der Waals surface area contributed by atoms with Gasteiger partial charge in [-0.05, 0) is 83.3 Å². The smallest absolute Gasteiger partial charge is 0.215 e. The molecule has 3 heteroatoms. The molecule has 6 aromatic carbocycles. The topological polar surface area (TPSA) is 20.5 Å². The largest absolute Gasteiger partial charge is 0.307 e. The first-order valence-corrected chi connectivity index (χ1v) is 17.9. The average Bonchev–Trinajstić information content (AvgIpc) is 3.55. The molecule has 0 aliphatic carbocycles. The van der Waals surface area contributed by atoms with Gasteiger partial charge in [-0.3, -0.25) is 4.57 Å². The molecular weight excluding hydrogens is 631 g/mol. The highest BCUT2D eigenvalue weighted by Gasteiger charge is 2.28. The van der Waals surface area contributed by atoms with E-state index < -0.39 is 0 Å². The zero-order valence-corrected chi connectivity index (χ0v) is 30.1. The summed E-state index contributed by atoms with van der Waals surface area (Å²) in [5, 5.41) is 7.55. The fraction of sp³-hybridized carbons (Fsp3) is 0.0816. The molecule has 0 fully saturated rings. The summed E-state index contributed by atoms with van der Waals surface area (Å²) in [5.74, 6) is 0.925. The van der Waals surface area contributed by atoms with E-state index in [-0.39, 0.29) is 0 Å². The molecule has 0 radical (unpaired) electrons. The second-order valence-corrected chi connectivity index (χ2v) is 12.7. The number of para-hydroxylation sites is 1. The lowest BCUT2D eigenvalue weighted by molar-refractivity contribution is 0.562. The third-order valence-corrected chi connectivity index (χ3v) is 9.50. The molecule has 3 nitrogen and oxygen atoms in total. The molecule has 0 atom stereocenters. The van der Waals surface area contributed by atoms with Gasteiger partial charge < -0.3 is 4.90 Å². The lowest BCUT2D eigenvalue weighted by atomic mass is 9.96. The van der Waals surface area contributed by atoms with E-state index in [9.17, 15) is 0 Å². The molecule has 2 aliphatic heterocycles. The Morgan fingerprint density at radius 3 is 2.00 bits per heavy atom. The highest BCUT2D eigenvalue weighted by atomic mass is 15.3. The summed E-state index contributed by atoms with van der Waals surface area (Å²) in [6.45, 7) is 10.2. The molecule has 3 heterocycles. The van der Waals surface area contributed by atoms with Gasteiger partial charge in [0, 0.05) is 29.1 Å². The lowest BCUT2D eigenvalue weighted by Gasteiger charge is -2.34. The normalized spacial score (nSPS) is 13.8. The summed E-state index contributed by atoms with van der Waals surface area (Å²) in [7, 11) is 0. The van der Waals surface area contributed by atoms with Crippen molar-refractivity contribution in [3.8, 4) is 11.1 Å². The van der Waals surface area contributed by atoms with Gasteiger partial charge in [0.15, 0.2) is 0 Å². The van der Waals surface area contributed by atoms with Crippen LogP contribution in [0.3, 0.4) is 0 Å². The number of aromatic nitrogens is 1. The first-order chi connectivity index (χ1) is 25.7. The molecule has 0 N–H and O–H groups in total. The molecule has 0 saturated heterocycles. The van der Waals surface area contributed by atoms with Crippen molar-refractivity contribution in [2.45, 2.75) is 20.8 Å². The molecule has 0 spiro atoms. The van der Waals surface area contributed by atoms with Gasteiger partial charge in [-0.2, -0.15) is 0 Å². The van der Waals surface area contributed by atoms with E-state index in [2.05, 4.69) is 162 Å². The Hall–Kier alpha value is -6.45. The van der Waals surface area contributed by atoms with Gasteiger partial charge in [0.25, 0.3) is 0 Å². The Bertz CT molecular complexity index is 2580. The van der Waals surface area contributed by atoms with Gasteiger partial charge in [0.2, 0.25) is 5.96 Å². The number of hydrogen-bond acceptors (Lipinski definition) is 2. The van der Waals surface area contributed by atoms with E-state index in [1.54, 1.807) is 6.08 Å². The summed E-state index contributed by atoms with van der Waals surface area (Å²) < 4.78 is 2.33. The Balaban J connectivity index is 0.000000422. The number of fused-ring (bicyclic) bond motifs is 7. The molecule has 0 unspecified atom stereocenters. The molecule has 9 rings (SSSR count). The minimum atomic E-state index is 0.763. The Kier molecular flexibility index (Phi) is 10.2. The molecule has 2 aliphatic rings. The van der Waals surface area contributed by atoms with Crippen LogP contribution in [-0.2, 0) is 0 Å². The summed E-state index contributed by atoms with van der Waals surface area (Å²) in [5.41, 5.74) is 8.22. The van der Waals surface area contributed by atoms with Gasteiger partial charge in [0.1, 0.15) is 0 Å². The molecule has 254 valence electrons. The van der Waals surface area contributed by atoms with E-state index in [0.29, 0.717) is 0 Å². The van der Waals surface area contributed by atoms with Crippen molar-refractivity contribution in [3.63, 3.8) is 0 Å². The van der Waals surface area contributed by atoms with Crippen molar-refractivity contribution in [1.82, 2.24) is 9.47 Å². The van der Waals surface area contributed by atoms with Gasteiger partial charge in [-0.1, -0.05) is 158 Å². The predicted molar refractivity (Wildman–Crippen MR) is 227 cm³/mol. The van der Waals surface area contributed by atoms with E-state index in [4.69, 9.17) is 4.99 Å². The number of allylic oxidation sites excluding steroid dienone is 8. The Labute approximate surface area is 306 Å². The fourth-order valence-corrected chi connectivity index (χ4v) is 6.90. The van der Waals surface area contributed by atoms with E-state index in [1.165, 1.54) is 49.0 Å². The second-order valence-electron chi connectivity index (χ2n) is 12.7. The summed E-state index contributed by atoms with van der Waals surface area (Å²) in [4.78, 5) is 7.52. The highest BCUT2D eigenvalue weighted by Crippen LogP contribution is 2.38. The SMILES string of the molecule is C/C=C\C.C1=CCN2C(=C1)C(c1ccc(-c3ccc4ccccc4c3)cc1)=CN=C2n1c2ccccc2c2c3ccccc3ccc21.C=C/C=C\C. The summed E-state index contributed by atoms with van der Waals surface area (Å²) in [6, 6.07) is 45.9. The van der Waals surface area contributed by atoms with Crippen molar-refractivity contribution in [1.29, 1.82) is 0 Å². The maximum atomic E-state index is 5.18. The second kappa shape index (κ2) is 15.6. The van der Waals surface area contributed by atoms with Crippen LogP contribution in [0.2, 0.25) is 0 Å². The monoisotopic (exact) mass is 673 g/mol. The number of aliphatic imine (C=N–C) groups is 1. The molecule has 7 aromatic rings. The van der Waals surface area contributed by atoms with E-state index in [1.807, 2.05) is 51.3 Å². The van der Waals surface area contributed by atoms with Crippen molar-refractivity contribution in [2.24, 2.45) is 4.99 Å². The van der Waals surface area contributed by atoms with Crippen molar-refractivity contribution in [3.05, 3.63) is 200 Å². The first kappa shape index (κ1) is 34.0. The maximum absolute atomic E-state index is 5.18. The van der Waals surface area contributed by atoms with Gasteiger partial charge in [-0.25, -0.2) is 4.99 Å². The zero-order valence-electron chi connectivity index (χ0n) is 30.1. The van der Waals surface area contributed by atoms with E-state index in [0.717, 1.165) is 34.9 Å². The lowest BCUT2D eigenvalue weighted by Crippen LogP contribution is -2.38. The minimum Gasteiger partial charge on any atom is -0.307 e. The maximum Gasteiger partial charge on any atom is 0.215 e. The standard InChI is InChI=1S/C40H27N3.C5H8.C4H8/c1-2-11-31-25-32(21-18-27(31)9-1)28-16-19-30(20-17-28)35-26-41-40(42-24-8-7-14-36(35)42)43-37-15-6-5-13-34(37)39-33-12-4-3-10-29(33)22-23-38(39)43;1-3-5-4-2;1-3-4-2/h1-23,25-26H,24H2;3-5H,1H2,2H3;3-4H,1-2H3/b;5-4-;4-3-. The molecule has 0 amide bonds. The Morgan fingerprint density at radius 2 is 1.27 bits per heavy atom. The van der Waals surface area contributed by atoms with Crippen LogP contribution in [0.1, 0.15) is 26.3 Å². The summed E-state index contributed by atoms with van der Waals surface area (Å²) in [6.07, 6.45) is 18.2. The van der Waals surface area contributed by atoms with Gasteiger partial charge in [0.05, 0.1) is 16.7 Å². The van der Waals surface area contributed by atoms with Crippen LogP contribution in [-0.4, -0.2) is 22.0 Å². The number of nitrogens with zero attached hydrogens (tertiary/aromatic N) is 3. The minimum absolute atomic E-state index is 0.763. The number of hydrogen-bond donors (Lipinski definition) is 0. The zero-order chi connectivity index (χ0) is 35.9. The first-order valence-electron chi connectivity index (χ1n) is 17.9. The molecule has 0 saturated carbocycles.